The molecule has 14 heavy (non-hydrogen) atoms. The van der Waals surface area contributed by atoms with E-state index in [-0.39, 0.29) is 6.54 Å². The van der Waals surface area contributed by atoms with Crippen LogP contribution in [0, 0.1) is 0 Å². The summed E-state index contributed by atoms with van der Waals surface area (Å²) in [7, 11) is 9.08. The molecule has 1 atom stereocenters. The van der Waals surface area contributed by atoms with Gasteiger partial charge in [0.1, 0.15) is 6.54 Å². The minimum Gasteiger partial charge on any atom is -0.450 e. The molecule has 84 valence electrons. The molecule has 0 aromatic carbocycles. The molecule has 0 saturated carbocycles. The molecule has 0 fully saturated rings. The molecule has 0 amide bonds. The van der Waals surface area contributed by atoms with Crippen LogP contribution in [0.25, 0.3) is 0 Å². The van der Waals surface area contributed by atoms with Crippen molar-refractivity contribution in [3.63, 3.8) is 0 Å². The molecule has 0 aromatic rings. The molecule has 0 bridgehead atoms. The molecule has 6 nitrogen and oxygen atoms in total. The maximum atomic E-state index is 10.5. The van der Waals surface area contributed by atoms with Crippen LogP contribution in [0.5, 0.6) is 0 Å². The first-order chi connectivity index (χ1) is 6.49. The Kier molecular flexibility index (Phi) is 11.4. The number of nitrogens with two attached hydrogens (primary N) is 1. The van der Waals surface area contributed by atoms with Gasteiger partial charge in [-0.25, -0.2) is 9.79 Å². The van der Waals surface area contributed by atoms with Crippen molar-refractivity contribution in [1.29, 1.82) is 0 Å². The van der Waals surface area contributed by atoms with E-state index in [9.17, 15) is 4.79 Å². The van der Waals surface area contributed by atoms with Gasteiger partial charge in [0.2, 0.25) is 0 Å². The Hall–Kier alpha value is -0.870. The average Bonchev–Trinajstić information content (AvgIpc) is 2.14. The van der Waals surface area contributed by atoms with Gasteiger partial charge in [-0.3, -0.25) is 0 Å². The quantitative estimate of drug-likeness (QED) is 0.357. The number of nitrogens with one attached hydrogen (secondary N) is 1. The molecule has 0 saturated heterocycles. The van der Waals surface area contributed by atoms with Gasteiger partial charge in [-0.15, -0.1) is 0 Å². The Bertz CT molecular complexity index is 185. The van der Waals surface area contributed by atoms with Gasteiger partial charge in [0.05, 0.1) is 9.47 Å². The van der Waals surface area contributed by atoms with E-state index in [0.29, 0.717) is 5.96 Å². The number of carbonyl (C=O) groups excluding carboxylic acids is 1. The molecule has 0 heterocycles. The number of guanidine groups is 1. The van der Waals surface area contributed by atoms with Crippen molar-refractivity contribution < 1.29 is 9.32 Å². The van der Waals surface area contributed by atoms with E-state index in [4.69, 9.17) is 5.73 Å². The SMILES string of the molecule is CN(C)C(N)=NCC(=O)OP.CNC. The second-order valence-electron chi connectivity index (χ2n) is 2.56. The Morgan fingerprint density at radius 1 is 1.57 bits per heavy atom. The Balaban J connectivity index is 0. The van der Waals surface area contributed by atoms with Crippen molar-refractivity contribution in [3.05, 3.63) is 0 Å². The zero-order valence-electron chi connectivity index (χ0n) is 9.07. The van der Waals surface area contributed by atoms with Gasteiger partial charge >= 0.3 is 5.97 Å². The number of hydrogen-bond acceptors (Lipinski definition) is 4. The van der Waals surface area contributed by atoms with Crippen molar-refractivity contribution in [2.24, 2.45) is 10.7 Å². The van der Waals surface area contributed by atoms with Crippen molar-refractivity contribution in [3.8, 4) is 0 Å². The highest BCUT2D eigenvalue weighted by atomic mass is 31.0. The third-order valence-corrected chi connectivity index (χ3v) is 1.22. The highest BCUT2D eigenvalue weighted by Crippen LogP contribution is 1.87. The van der Waals surface area contributed by atoms with E-state index in [2.05, 4.69) is 14.8 Å². The van der Waals surface area contributed by atoms with E-state index in [1.807, 2.05) is 23.6 Å². The first kappa shape index (κ1) is 15.6. The Morgan fingerprint density at radius 3 is 2.29 bits per heavy atom. The summed E-state index contributed by atoms with van der Waals surface area (Å²) in [5, 5.41) is 2.75. The standard InChI is InChI=1S/C5H12N3O2P.C2H7N/c1-8(2)5(6)7-3-4(9)10-11;1-3-2/h3,11H2,1-2H3,(H2,6,7);3H,1-2H3. The predicted octanol–water partition coefficient (Wildman–Crippen LogP) is -0.968. The topological polar surface area (TPSA) is 80.0 Å². The van der Waals surface area contributed by atoms with Crippen LogP contribution < -0.4 is 11.1 Å². The molecule has 3 N–H and O–H groups in total. The molecular weight excluding hydrogens is 203 g/mol. The van der Waals surface area contributed by atoms with Gasteiger partial charge in [0.25, 0.3) is 0 Å². The Labute approximate surface area is 87.2 Å². The fourth-order valence-electron chi connectivity index (χ4n) is 0.324. The van der Waals surface area contributed by atoms with E-state index >= 15 is 0 Å². The molecule has 0 aromatic heterocycles. The summed E-state index contributed by atoms with van der Waals surface area (Å²) in [5.74, 6) is -0.125. The molecule has 0 spiro atoms. The first-order valence-corrected chi connectivity index (χ1v) is 4.42. The second kappa shape index (κ2) is 10.2. The fourth-order valence-corrected chi connectivity index (χ4v) is 0.399. The summed E-state index contributed by atoms with van der Waals surface area (Å²) < 4.78 is 4.28. The maximum absolute atomic E-state index is 10.5. The van der Waals surface area contributed by atoms with Crippen LogP contribution in [0.15, 0.2) is 4.99 Å². The van der Waals surface area contributed by atoms with E-state index < -0.39 is 5.97 Å². The number of hydrogen-bond donors (Lipinski definition) is 2. The van der Waals surface area contributed by atoms with Gasteiger partial charge in [0, 0.05) is 14.1 Å². The summed E-state index contributed by atoms with van der Waals surface area (Å²) in [6.07, 6.45) is 0. The van der Waals surface area contributed by atoms with E-state index in [1.54, 1.807) is 19.0 Å². The number of aliphatic imine (C=N–C) groups is 1. The van der Waals surface area contributed by atoms with Crippen LogP contribution in [0.3, 0.4) is 0 Å². The van der Waals surface area contributed by atoms with Crippen molar-refractivity contribution >= 4 is 21.4 Å². The van der Waals surface area contributed by atoms with Crippen LogP contribution >= 0.6 is 9.47 Å². The molecule has 0 radical (unpaired) electrons. The van der Waals surface area contributed by atoms with Gasteiger partial charge < -0.3 is 20.5 Å². The molecular formula is C7H19N4O2P. The van der Waals surface area contributed by atoms with Crippen LogP contribution in [0.1, 0.15) is 0 Å². The number of carbonyl (C=O) groups is 1. The lowest BCUT2D eigenvalue weighted by Gasteiger charge is -2.09. The smallest absolute Gasteiger partial charge is 0.329 e. The molecule has 0 aliphatic heterocycles. The summed E-state index contributed by atoms with van der Waals surface area (Å²) in [6.45, 7) is -0.0481. The molecule has 0 aliphatic rings. The zero-order valence-corrected chi connectivity index (χ0v) is 10.2. The van der Waals surface area contributed by atoms with Gasteiger partial charge in [0.15, 0.2) is 5.96 Å². The molecule has 1 unspecified atom stereocenters. The third kappa shape index (κ3) is 11.1. The van der Waals surface area contributed by atoms with Crippen LogP contribution in [-0.4, -0.2) is 51.6 Å². The van der Waals surface area contributed by atoms with Crippen molar-refractivity contribution in [2.75, 3.05) is 34.7 Å². The summed E-state index contributed by atoms with van der Waals surface area (Å²) in [4.78, 5) is 15.8. The normalized spacial score (nSPS) is 9.93. The maximum Gasteiger partial charge on any atom is 0.329 e. The monoisotopic (exact) mass is 222 g/mol. The zero-order chi connectivity index (χ0) is 11.6. The number of nitrogens with zero attached hydrogens (tertiary/aromatic N) is 2. The highest BCUT2D eigenvalue weighted by Gasteiger charge is 1.98. The van der Waals surface area contributed by atoms with Gasteiger partial charge in [-0.1, -0.05) is 0 Å². The van der Waals surface area contributed by atoms with E-state index in [1.165, 1.54) is 0 Å². The fraction of sp³-hybridized carbons (Fsp3) is 0.714. The predicted molar refractivity (Wildman–Crippen MR) is 61.0 cm³/mol. The summed E-state index contributed by atoms with van der Waals surface area (Å²) >= 11 is 0. The van der Waals surface area contributed by atoms with Crippen molar-refractivity contribution in [2.45, 2.75) is 0 Å². The second-order valence-corrected chi connectivity index (χ2v) is 2.79. The third-order valence-electron chi connectivity index (χ3n) is 0.960. The minimum atomic E-state index is -0.431. The van der Waals surface area contributed by atoms with Gasteiger partial charge in [-0.05, 0) is 14.1 Å². The van der Waals surface area contributed by atoms with E-state index in [0.717, 1.165) is 0 Å². The highest BCUT2D eigenvalue weighted by molar-refractivity contribution is 7.10. The summed E-state index contributed by atoms with van der Waals surface area (Å²) in [6, 6.07) is 0. The minimum absolute atomic E-state index is 0.0481. The molecule has 7 heteroatoms. The molecule has 0 rings (SSSR count). The van der Waals surface area contributed by atoms with Crippen LogP contribution in [-0.2, 0) is 9.32 Å². The lowest BCUT2D eigenvalue weighted by atomic mass is 10.7. The van der Waals surface area contributed by atoms with Gasteiger partial charge in [-0.2, -0.15) is 0 Å². The Morgan fingerprint density at radius 2 is 2.00 bits per heavy atom. The van der Waals surface area contributed by atoms with Crippen molar-refractivity contribution in [1.82, 2.24) is 10.2 Å². The van der Waals surface area contributed by atoms with Crippen LogP contribution in [0.2, 0.25) is 0 Å². The lowest BCUT2D eigenvalue weighted by Crippen LogP contribution is -2.31. The molecule has 0 aliphatic carbocycles. The largest absolute Gasteiger partial charge is 0.450 e. The average molecular weight is 222 g/mol. The first-order valence-electron chi connectivity index (χ1n) is 3.94. The number of rotatable bonds is 2. The van der Waals surface area contributed by atoms with Crippen LogP contribution in [0.4, 0.5) is 0 Å². The summed E-state index contributed by atoms with van der Waals surface area (Å²) in [5.41, 5.74) is 5.38. The lowest BCUT2D eigenvalue weighted by molar-refractivity contribution is -0.131.